The fraction of sp³-hybridized carbons (Fsp3) is 0.160. The molecule has 168 valence electrons. The van der Waals surface area contributed by atoms with Gasteiger partial charge in [0.1, 0.15) is 5.76 Å². The molecule has 1 saturated heterocycles. The summed E-state index contributed by atoms with van der Waals surface area (Å²) in [5.74, 6) is -1.68. The number of halogens is 1. The largest absolute Gasteiger partial charge is 0.507 e. The molecule has 1 aliphatic heterocycles. The van der Waals surface area contributed by atoms with Gasteiger partial charge < -0.3 is 19.8 Å². The molecule has 8 heteroatoms. The number of aliphatic hydroxyl groups excluding tert-OH is 1. The van der Waals surface area contributed by atoms with Crippen LogP contribution in [0.15, 0.2) is 77.0 Å². The first kappa shape index (κ1) is 22.5. The number of methoxy groups -OCH3 is 1. The van der Waals surface area contributed by atoms with Crippen molar-refractivity contribution in [3.05, 3.63) is 93.7 Å². The zero-order chi connectivity index (χ0) is 23.5. The number of aromatic nitrogens is 1. The van der Waals surface area contributed by atoms with Crippen LogP contribution in [0.4, 0.5) is 0 Å². The molecule has 0 radical (unpaired) electrons. The molecule has 7 nitrogen and oxygen atoms in total. The zero-order valence-electron chi connectivity index (χ0n) is 17.7. The van der Waals surface area contributed by atoms with E-state index in [1.807, 2.05) is 30.3 Å². The van der Waals surface area contributed by atoms with Crippen molar-refractivity contribution >= 4 is 33.4 Å². The van der Waals surface area contributed by atoms with Gasteiger partial charge in [-0.2, -0.15) is 0 Å². The van der Waals surface area contributed by atoms with Crippen molar-refractivity contribution < 1.29 is 24.5 Å². The Morgan fingerprint density at radius 3 is 2.48 bits per heavy atom. The smallest absolute Gasteiger partial charge is 0.295 e. The molecule has 0 saturated carbocycles. The Kier molecular flexibility index (Phi) is 6.46. The Balaban J connectivity index is 1.85. The van der Waals surface area contributed by atoms with Crippen molar-refractivity contribution in [3.8, 4) is 11.5 Å². The molecule has 0 bridgehead atoms. The summed E-state index contributed by atoms with van der Waals surface area (Å²) in [6.07, 6.45) is 3.52. The van der Waals surface area contributed by atoms with Gasteiger partial charge in [-0.15, -0.1) is 0 Å². The Hall–Kier alpha value is -3.65. The summed E-state index contributed by atoms with van der Waals surface area (Å²) in [5.41, 5.74) is 1.87. The Labute approximate surface area is 199 Å². The number of Topliss-reactive ketones (excluding diaryl/α,β-unsaturated/α-hetero) is 1. The van der Waals surface area contributed by atoms with E-state index in [9.17, 15) is 19.8 Å². The standard InChI is InChI=1S/C25H21BrN2O5/c1-33-19-14-17(13-18(26)23(19)30)21-20(22(29)16-7-10-27-11-8-16)24(31)25(32)28(21)12-9-15-5-3-2-4-6-15/h2-8,10-11,13-14,21,29-30H,9,12H2,1H3/b22-20+. The SMILES string of the molecule is COc1cc(C2/C(=C(\O)c3ccncc3)C(=O)C(=O)N2CCc2ccccc2)cc(Br)c1O. The lowest BCUT2D eigenvalue weighted by molar-refractivity contribution is -0.139. The number of carbonyl (C=O) groups excluding carboxylic acids is 2. The highest BCUT2D eigenvalue weighted by Crippen LogP contribution is 2.44. The molecule has 2 heterocycles. The van der Waals surface area contributed by atoms with Gasteiger partial charge in [-0.3, -0.25) is 14.6 Å². The van der Waals surface area contributed by atoms with Gasteiger partial charge in [0.2, 0.25) is 0 Å². The highest BCUT2D eigenvalue weighted by atomic mass is 79.9. The van der Waals surface area contributed by atoms with Crippen LogP contribution in [0.2, 0.25) is 0 Å². The van der Waals surface area contributed by atoms with Crippen LogP contribution >= 0.6 is 15.9 Å². The van der Waals surface area contributed by atoms with Crippen molar-refractivity contribution in [2.24, 2.45) is 0 Å². The van der Waals surface area contributed by atoms with Crippen molar-refractivity contribution in [3.63, 3.8) is 0 Å². The molecule has 1 atom stereocenters. The number of carbonyl (C=O) groups is 2. The van der Waals surface area contributed by atoms with Gasteiger partial charge in [-0.05, 0) is 57.7 Å². The molecular formula is C25H21BrN2O5. The molecule has 2 aromatic carbocycles. The van der Waals surface area contributed by atoms with Crippen molar-refractivity contribution in [1.29, 1.82) is 0 Å². The Morgan fingerprint density at radius 2 is 1.82 bits per heavy atom. The number of aliphatic hydroxyl groups is 1. The second kappa shape index (κ2) is 9.46. The number of likely N-dealkylation sites (tertiary alicyclic amines) is 1. The number of aromatic hydroxyl groups is 1. The zero-order valence-corrected chi connectivity index (χ0v) is 19.3. The van der Waals surface area contributed by atoms with Crippen molar-refractivity contribution in [1.82, 2.24) is 9.88 Å². The molecule has 3 aromatic rings. The first-order valence-corrected chi connectivity index (χ1v) is 11.0. The van der Waals surface area contributed by atoms with Gasteiger partial charge in [-0.25, -0.2) is 0 Å². The van der Waals surface area contributed by atoms with E-state index >= 15 is 0 Å². The summed E-state index contributed by atoms with van der Waals surface area (Å²) < 4.78 is 5.61. The van der Waals surface area contributed by atoms with Crippen LogP contribution in [0, 0.1) is 0 Å². The minimum atomic E-state index is -0.868. The highest BCUT2D eigenvalue weighted by Gasteiger charge is 2.46. The van der Waals surface area contributed by atoms with E-state index < -0.39 is 17.7 Å². The molecular weight excluding hydrogens is 488 g/mol. The maximum Gasteiger partial charge on any atom is 0.295 e. The molecule has 1 aromatic heterocycles. The van der Waals surface area contributed by atoms with Crippen LogP contribution in [-0.4, -0.2) is 45.4 Å². The normalized spacial score (nSPS) is 17.4. The maximum absolute atomic E-state index is 13.1. The molecule has 0 aliphatic carbocycles. The quantitative estimate of drug-likeness (QED) is 0.293. The third kappa shape index (κ3) is 4.34. The van der Waals surface area contributed by atoms with Gasteiger partial charge in [-0.1, -0.05) is 30.3 Å². The monoisotopic (exact) mass is 508 g/mol. The first-order valence-electron chi connectivity index (χ1n) is 10.2. The van der Waals surface area contributed by atoms with Crippen LogP contribution in [0.3, 0.4) is 0 Å². The number of amides is 1. The van der Waals surface area contributed by atoms with E-state index in [4.69, 9.17) is 4.74 Å². The van der Waals surface area contributed by atoms with E-state index in [1.54, 1.807) is 24.3 Å². The minimum Gasteiger partial charge on any atom is -0.507 e. The Morgan fingerprint density at radius 1 is 1.12 bits per heavy atom. The van der Waals surface area contributed by atoms with Gasteiger partial charge in [0.05, 0.1) is 23.2 Å². The van der Waals surface area contributed by atoms with E-state index in [1.165, 1.54) is 24.4 Å². The summed E-state index contributed by atoms with van der Waals surface area (Å²) in [6.45, 7) is 0.257. The van der Waals surface area contributed by atoms with Crippen LogP contribution < -0.4 is 4.74 Å². The maximum atomic E-state index is 13.1. The molecule has 2 N–H and O–H groups in total. The number of hydrogen-bond donors (Lipinski definition) is 2. The van der Waals surface area contributed by atoms with Crippen molar-refractivity contribution in [2.45, 2.75) is 12.5 Å². The number of hydrogen-bond acceptors (Lipinski definition) is 6. The molecule has 0 spiro atoms. The van der Waals surface area contributed by atoms with Gasteiger partial charge in [0.15, 0.2) is 11.5 Å². The minimum absolute atomic E-state index is 0.0288. The average molecular weight is 509 g/mol. The predicted molar refractivity (Wildman–Crippen MR) is 126 cm³/mol. The molecule has 1 amide bonds. The molecule has 4 rings (SSSR count). The number of benzene rings is 2. The molecule has 1 aliphatic rings. The summed E-state index contributed by atoms with van der Waals surface area (Å²) in [7, 11) is 1.41. The van der Waals surface area contributed by atoms with Crippen LogP contribution in [0.1, 0.15) is 22.7 Å². The number of nitrogens with zero attached hydrogens (tertiary/aromatic N) is 2. The number of ether oxygens (including phenoxy) is 1. The number of ketones is 1. The summed E-state index contributed by atoms with van der Waals surface area (Å²) in [6, 6.07) is 15.1. The second-order valence-corrected chi connectivity index (χ2v) is 8.37. The molecule has 1 unspecified atom stereocenters. The van der Waals surface area contributed by atoms with E-state index in [0.29, 0.717) is 22.0 Å². The van der Waals surface area contributed by atoms with E-state index in [0.717, 1.165) is 5.56 Å². The lowest BCUT2D eigenvalue weighted by atomic mass is 9.95. The van der Waals surface area contributed by atoms with Crippen molar-refractivity contribution in [2.75, 3.05) is 13.7 Å². The molecule has 33 heavy (non-hydrogen) atoms. The Bertz CT molecular complexity index is 1230. The van der Waals surface area contributed by atoms with E-state index in [2.05, 4.69) is 20.9 Å². The number of phenolic OH excluding ortho intramolecular Hbond substituents is 1. The summed E-state index contributed by atoms with van der Waals surface area (Å²) in [4.78, 5) is 31.6. The topological polar surface area (TPSA) is 100.0 Å². The van der Waals surface area contributed by atoms with Gasteiger partial charge >= 0.3 is 0 Å². The van der Waals surface area contributed by atoms with Crippen LogP contribution in [0.5, 0.6) is 11.5 Å². The first-order chi connectivity index (χ1) is 15.9. The highest BCUT2D eigenvalue weighted by molar-refractivity contribution is 9.10. The average Bonchev–Trinajstić information content (AvgIpc) is 3.10. The summed E-state index contributed by atoms with van der Waals surface area (Å²) in [5, 5.41) is 21.3. The number of phenols is 1. The number of pyridine rings is 1. The number of rotatable bonds is 6. The van der Waals surface area contributed by atoms with Gasteiger partial charge in [0.25, 0.3) is 11.7 Å². The third-order valence-electron chi connectivity index (χ3n) is 5.56. The third-order valence-corrected chi connectivity index (χ3v) is 6.17. The fourth-order valence-electron chi connectivity index (χ4n) is 3.92. The second-order valence-electron chi connectivity index (χ2n) is 7.52. The lowest BCUT2D eigenvalue weighted by Crippen LogP contribution is -2.31. The van der Waals surface area contributed by atoms with Crippen LogP contribution in [0.25, 0.3) is 5.76 Å². The van der Waals surface area contributed by atoms with Gasteiger partial charge in [0, 0.05) is 24.5 Å². The lowest BCUT2D eigenvalue weighted by Gasteiger charge is -2.26. The fourth-order valence-corrected chi connectivity index (χ4v) is 4.38. The van der Waals surface area contributed by atoms with Crippen LogP contribution in [-0.2, 0) is 16.0 Å². The van der Waals surface area contributed by atoms with E-state index in [-0.39, 0.29) is 29.4 Å². The summed E-state index contributed by atoms with van der Waals surface area (Å²) >= 11 is 3.31. The molecule has 1 fully saturated rings. The predicted octanol–water partition coefficient (Wildman–Crippen LogP) is 4.22.